The summed E-state index contributed by atoms with van der Waals surface area (Å²) in [7, 11) is 1.85. The van der Waals surface area contributed by atoms with E-state index in [1.807, 2.05) is 51.9 Å². The van der Waals surface area contributed by atoms with E-state index < -0.39 is 0 Å². The molecular formula is C18H20N4O2. The number of benzene rings is 1. The molecule has 1 aromatic carbocycles. The molecule has 124 valence electrons. The van der Waals surface area contributed by atoms with Crippen LogP contribution >= 0.6 is 0 Å². The number of likely N-dealkylation sites (tertiary alicyclic amines) is 2. The zero-order valence-electron chi connectivity index (χ0n) is 13.6. The van der Waals surface area contributed by atoms with Crippen LogP contribution < -0.4 is 0 Å². The molecule has 2 saturated heterocycles. The average Bonchev–Trinajstić information content (AvgIpc) is 3.24. The third-order valence-electron chi connectivity index (χ3n) is 5.25. The van der Waals surface area contributed by atoms with Crippen molar-refractivity contribution < 1.29 is 9.59 Å². The van der Waals surface area contributed by atoms with Gasteiger partial charge >= 0.3 is 0 Å². The second-order valence-electron chi connectivity index (χ2n) is 6.59. The van der Waals surface area contributed by atoms with Crippen molar-refractivity contribution in [3.63, 3.8) is 0 Å². The van der Waals surface area contributed by atoms with Crippen molar-refractivity contribution in [3.8, 4) is 5.69 Å². The number of amides is 2. The number of piperidine rings is 1. The number of nitrogens with zero attached hydrogens (tertiary/aromatic N) is 4. The summed E-state index contributed by atoms with van der Waals surface area (Å²) in [6.07, 6.45) is 6.86. The first-order valence-electron chi connectivity index (χ1n) is 8.27. The van der Waals surface area contributed by atoms with Gasteiger partial charge in [0.15, 0.2) is 0 Å². The topological polar surface area (TPSA) is 58.4 Å². The SMILES string of the molecule is CN1C(=O)C[C@H]2CCN(C(=O)c3ccc(-n4ccnc4)cc3)C[C@H]21. The highest BCUT2D eigenvalue weighted by atomic mass is 16.2. The zero-order valence-corrected chi connectivity index (χ0v) is 13.6. The van der Waals surface area contributed by atoms with Gasteiger partial charge in [-0.3, -0.25) is 9.59 Å². The molecule has 6 nitrogen and oxygen atoms in total. The van der Waals surface area contributed by atoms with E-state index >= 15 is 0 Å². The molecule has 2 aliphatic rings. The minimum Gasteiger partial charge on any atom is -0.341 e. The summed E-state index contributed by atoms with van der Waals surface area (Å²) in [6, 6.07) is 7.72. The van der Waals surface area contributed by atoms with E-state index in [1.165, 1.54) is 0 Å². The van der Waals surface area contributed by atoms with Gasteiger partial charge in [-0.25, -0.2) is 4.98 Å². The molecule has 6 heteroatoms. The maximum atomic E-state index is 12.8. The van der Waals surface area contributed by atoms with Crippen molar-refractivity contribution in [3.05, 3.63) is 48.5 Å². The van der Waals surface area contributed by atoms with Crippen molar-refractivity contribution >= 4 is 11.8 Å². The molecule has 2 amide bonds. The summed E-state index contributed by atoms with van der Waals surface area (Å²) in [4.78, 5) is 32.3. The molecule has 0 spiro atoms. The Balaban J connectivity index is 1.49. The molecule has 3 heterocycles. The van der Waals surface area contributed by atoms with E-state index in [0.29, 0.717) is 24.4 Å². The quantitative estimate of drug-likeness (QED) is 0.842. The molecular weight excluding hydrogens is 304 g/mol. The fourth-order valence-electron chi connectivity index (χ4n) is 3.77. The molecule has 1 aromatic heterocycles. The van der Waals surface area contributed by atoms with E-state index in [9.17, 15) is 9.59 Å². The van der Waals surface area contributed by atoms with Crippen LogP contribution in [0.2, 0.25) is 0 Å². The molecule has 0 aliphatic carbocycles. The average molecular weight is 324 g/mol. The van der Waals surface area contributed by atoms with Crippen LogP contribution in [0.25, 0.3) is 5.69 Å². The Bertz CT molecular complexity index is 754. The number of aromatic nitrogens is 2. The number of imidazole rings is 1. The van der Waals surface area contributed by atoms with Crippen molar-refractivity contribution in [2.45, 2.75) is 18.9 Å². The van der Waals surface area contributed by atoms with Crippen LogP contribution in [-0.2, 0) is 4.79 Å². The van der Waals surface area contributed by atoms with Crippen molar-refractivity contribution in [1.29, 1.82) is 0 Å². The highest BCUT2D eigenvalue weighted by Gasteiger charge is 2.42. The fourth-order valence-corrected chi connectivity index (χ4v) is 3.77. The van der Waals surface area contributed by atoms with Crippen LogP contribution in [0, 0.1) is 5.92 Å². The van der Waals surface area contributed by atoms with Gasteiger partial charge in [-0.15, -0.1) is 0 Å². The largest absolute Gasteiger partial charge is 0.341 e. The summed E-state index contributed by atoms with van der Waals surface area (Å²) in [5.74, 6) is 0.637. The zero-order chi connectivity index (χ0) is 16.7. The maximum Gasteiger partial charge on any atom is 0.253 e. The van der Waals surface area contributed by atoms with Gasteiger partial charge in [-0.2, -0.15) is 0 Å². The normalized spacial score (nSPS) is 23.5. The van der Waals surface area contributed by atoms with Gasteiger partial charge in [0.2, 0.25) is 5.91 Å². The number of rotatable bonds is 2. The van der Waals surface area contributed by atoms with Gasteiger partial charge in [0.1, 0.15) is 0 Å². The van der Waals surface area contributed by atoms with Gasteiger partial charge in [0.25, 0.3) is 5.91 Å². The van der Waals surface area contributed by atoms with Gasteiger partial charge in [-0.1, -0.05) is 0 Å². The molecule has 0 unspecified atom stereocenters. The Morgan fingerprint density at radius 2 is 2.04 bits per heavy atom. The number of carbonyl (C=O) groups excluding carboxylic acids is 2. The van der Waals surface area contributed by atoms with Crippen LogP contribution in [0.3, 0.4) is 0 Å². The lowest BCUT2D eigenvalue weighted by atomic mass is 9.92. The first-order chi connectivity index (χ1) is 11.6. The number of hydrogen-bond donors (Lipinski definition) is 0. The van der Waals surface area contributed by atoms with Crippen molar-refractivity contribution in [2.24, 2.45) is 5.92 Å². The number of likely N-dealkylation sites (N-methyl/N-ethyl adjacent to an activating group) is 1. The summed E-state index contributed by atoms with van der Waals surface area (Å²) < 4.78 is 1.90. The minimum atomic E-state index is 0.0402. The Morgan fingerprint density at radius 3 is 2.75 bits per heavy atom. The predicted molar refractivity (Wildman–Crippen MR) is 88.7 cm³/mol. The molecule has 0 N–H and O–H groups in total. The Labute approximate surface area is 140 Å². The Kier molecular flexibility index (Phi) is 3.59. The number of fused-ring (bicyclic) bond motifs is 1. The van der Waals surface area contributed by atoms with Gasteiger partial charge in [0.05, 0.1) is 12.4 Å². The minimum absolute atomic E-state index is 0.0402. The first kappa shape index (κ1) is 14.9. The van der Waals surface area contributed by atoms with Gasteiger partial charge in [0, 0.05) is 50.2 Å². The third-order valence-corrected chi connectivity index (χ3v) is 5.25. The molecule has 2 atom stereocenters. The summed E-state index contributed by atoms with van der Waals surface area (Å²) in [5.41, 5.74) is 1.66. The summed E-state index contributed by atoms with van der Waals surface area (Å²) >= 11 is 0. The van der Waals surface area contributed by atoms with Crippen LogP contribution in [-0.4, -0.2) is 57.3 Å². The third kappa shape index (κ3) is 2.48. The molecule has 24 heavy (non-hydrogen) atoms. The van der Waals surface area contributed by atoms with Crippen LogP contribution in [0.15, 0.2) is 43.0 Å². The molecule has 0 bridgehead atoms. The Hall–Kier alpha value is -2.63. The van der Waals surface area contributed by atoms with E-state index in [2.05, 4.69) is 4.98 Å². The van der Waals surface area contributed by atoms with Gasteiger partial charge < -0.3 is 14.4 Å². The molecule has 2 aliphatic heterocycles. The molecule has 0 saturated carbocycles. The fraction of sp³-hybridized carbons (Fsp3) is 0.389. The highest BCUT2D eigenvalue weighted by molar-refractivity contribution is 5.94. The molecule has 2 aromatic rings. The Morgan fingerprint density at radius 1 is 1.25 bits per heavy atom. The van der Waals surface area contributed by atoms with Crippen LogP contribution in [0.1, 0.15) is 23.2 Å². The summed E-state index contributed by atoms with van der Waals surface area (Å²) in [6.45, 7) is 1.36. The predicted octanol–water partition coefficient (Wildman–Crippen LogP) is 1.57. The summed E-state index contributed by atoms with van der Waals surface area (Å²) in [5, 5.41) is 0. The number of hydrogen-bond acceptors (Lipinski definition) is 3. The van der Waals surface area contributed by atoms with Crippen LogP contribution in [0.5, 0.6) is 0 Å². The lowest BCUT2D eigenvalue weighted by molar-refractivity contribution is -0.127. The van der Waals surface area contributed by atoms with Crippen LogP contribution in [0.4, 0.5) is 0 Å². The van der Waals surface area contributed by atoms with E-state index in [-0.39, 0.29) is 17.9 Å². The lowest BCUT2D eigenvalue weighted by Crippen LogP contribution is -2.49. The second-order valence-corrected chi connectivity index (χ2v) is 6.59. The molecule has 0 radical (unpaired) electrons. The molecule has 2 fully saturated rings. The van der Waals surface area contributed by atoms with Crippen molar-refractivity contribution in [2.75, 3.05) is 20.1 Å². The first-order valence-corrected chi connectivity index (χ1v) is 8.27. The lowest BCUT2D eigenvalue weighted by Gasteiger charge is -2.37. The highest BCUT2D eigenvalue weighted by Crippen LogP contribution is 2.31. The second kappa shape index (κ2) is 5.78. The maximum absolute atomic E-state index is 12.8. The van der Waals surface area contributed by atoms with Gasteiger partial charge in [-0.05, 0) is 36.6 Å². The van der Waals surface area contributed by atoms with Crippen molar-refractivity contribution in [1.82, 2.24) is 19.4 Å². The standard InChI is InChI=1S/C18H20N4O2/c1-20-16-11-21(8-6-14(16)10-17(20)23)18(24)13-2-4-15(5-3-13)22-9-7-19-12-22/h2-5,7,9,12,14,16H,6,8,10-11H2,1H3/t14-,16-/m1/s1. The number of carbonyl (C=O) groups is 2. The van der Waals surface area contributed by atoms with E-state index in [1.54, 1.807) is 12.5 Å². The van der Waals surface area contributed by atoms with E-state index in [4.69, 9.17) is 0 Å². The molecule has 4 rings (SSSR count). The van der Waals surface area contributed by atoms with E-state index in [0.717, 1.165) is 18.7 Å². The smallest absolute Gasteiger partial charge is 0.253 e. The monoisotopic (exact) mass is 324 g/mol.